The van der Waals surface area contributed by atoms with Crippen LogP contribution >= 0.6 is 0 Å². The van der Waals surface area contributed by atoms with Gasteiger partial charge in [0.1, 0.15) is 0 Å². The van der Waals surface area contributed by atoms with Crippen molar-refractivity contribution in [2.75, 3.05) is 0 Å². The summed E-state index contributed by atoms with van der Waals surface area (Å²) in [5, 5.41) is 0. The predicted octanol–water partition coefficient (Wildman–Crippen LogP) is 3.78. The number of unbranched alkanes of at least 4 members (excludes halogenated alkanes) is 2. The molecule has 3 heteroatoms. The fourth-order valence-electron chi connectivity index (χ4n) is 2.77. The van der Waals surface area contributed by atoms with E-state index in [1.165, 1.54) is 11.1 Å². The topological polar surface area (TPSA) is 48.0 Å². The second-order valence-electron chi connectivity index (χ2n) is 5.93. The molecule has 2 rings (SSSR count). The minimum Gasteiger partial charge on any atom is -0.326 e. The summed E-state index contributed by atoms with van der Waals surface area (Å²) < 4.78 is 1.90. The zero-order valence-electron chi connectivity index (χ0n) is 13.9. The summed E-state index contributed by atoms with van der Waals surface area (Å²) in [5.41, 5.74) is 11.0. The first-order valence-corrected chi connectivity index (χ1v) is 8.09. The van der Waals surface area contributed by atoms with Gasteiger partial charge in [0.2, 0.25) is 0 Å². The Morgan fingerprint density at radius 1 is 1.09 bits per heavy atom. The molecule has 3 nitrogen and oxygen atoms in total. The second kappa shape index (κ2) is 7.41. The summed E-state index contributed by atoms with van der Waals surface area (Å²) in [6, 6.07) is 10.3. The van der Waals surface area contributed by atoms with Gasteiger partial charge in [-0.3, -0.25) is 4.79 Å². The Bertz CT molecular complexity index is 701. The molecule has 0 spiro atoms. The van der Waals surface area contributed by atoms with Crippen molar-refractivity contribution in [2.24, 2.45) is 5.73 Å². The molecule has 0 saturated heterocycles. The fourth-order valence-corrected chi connectivity index (χ4v) is 2.77. The van der Waals surface area contributed by atoms with Gasteiger partial charge in [-0.1, -0.05) is 43.5 Å². The average Bonchev–Trinajstić information content (AvgIpc) is 2.51. The highest BCUT2D eigenvalue weighted by molar-refractivity contribution is 5.65. The van der Waals surface area contributed by atoms with E-state index in [-0.39, 0.29) is 5.56 Å². The zero-order valence-corrected chi connectivity index (χ0v) is 13.9. The summed E-state index contributed by atoms with van der Waals surface area (Å²) in [6.07, 6.45) is 3.29. The van der Waals surface area contributed by atoms with E-state index in [1.807, 2.05) is 16.7 Å². The van der Waals surface area contributed by atoms with Gasteiger partial charge in [-0.05, 0) is 38.0 Å². The molecule has 0 aliphatic rings. The molecule has 1 heterocycles. The Balaban J connectivity index is 2.56. The molecule has 0 bridgehead atoms. The summed E-state index contributed by atoms with van der Waals surface area (Å²) in [7, 11) is 0. The minimum absolute atomic E-state index is 0.0528. The normalized spacial score (nSPS) is 10.9. The molecule has 1 aromatic carbocycles. The van der Waals surface area contributed by atoms with Crippen LogP contribution in [0.3, 0.4) is 0 Å². The highest BCUT2D eigenvalue weighted by Gasteiger charge is 2.11. The lowest BCUT2D eigenvalue weighted by Crippen LogP contribution is -2.26. The molecule has 0 atom stereocenters. The smallest absolute Gasteiger partial charge is 0.255 e. The van der Waals surface area contributed by atoms with Crippen LogP contribution in [0.25, 0.3) is 11.3 Å². The van der Waals surface area contributed by atoms with Gasteiger partial charge >= 0.3 is 0 Å². The summed E-state index contributed by atoms with van der Waals surface area (Å²) in [4.78, 5) is 12.7. The Hall–Kier alpha value is -1.87. The lowest BCUT2D eigenvalue weighted by molar-refractivity contribution is 0.588. The van der Waals surface area contributed by atoms with Crippen molar-refractivity contribution < 1.29 is 0 Å². The van der Waals surface area contributed by atoms with E-state index in [9.17, 15) is 4.79 Å². The van der Waals surface area contributed by atoms with Crippen LogP contribution in [0.5, 0.6) is 0 Å². The first-order valence-electron chi connectivity index (χ1n) is 8.09. The van der Waals surface area contributed by atoms with Gasteiger partial charge in [-0.15, -0.1) is 0 Å². The standard InChI is InChI=1S/C19H26N2O/c1-4-5-6-11-21-18(10-9-16(13-20)19(21)22)17-12-14(2)7-8-15(17)3/h7-10,12H,4-6,11,13,20H2,1-3H3. The molecular formula is C19H26N2O. The summed E-state index contributed by atoms with van der Waals surface area (Å²) in [5.74, 6) is 0. The minimum atomic E-state index is 0.0528. The first kappa shape index (κ1) is 16.5. The fraction of sp³-hybridized carbons (Fsp3) is 0.421. The predicted molar refractivity (Wildman–Crippen MR) is 93.0 cm³/mol. The third kappa shape index (κ3) is 3.47. The molecule has 22 heavy (non-hydrogen) atoms. The second-order valence-corrected chi connectivity index (χ2v) is 5.93. The number of aromatic nitrogens is 1. The van der Waals surface area contributed by atoms with E-state index in [0.717, 1.165) is 37.1 Å². The maximum atomic E-state index is 12.7. The molecule has 1 aromatic heterocycles. The van der Waals surface area contributed by atoms with Crippen molar-refractivity contribution in [3.05, 3.63) is 57.4 Å². The molecule has 0 radical (unpaired) electrons. The van der Waals surface area contributed by atoms with Crippen molar-refractivity contribution in [3.8, 4) is 11.3 Å². The van der Waals surface area contributed by atoms with Crippen molar-refractivity contribution >= 4 is 0 Å². The van der Waals surface area contributed by atoms with E-state index in [1.54, 1.807) is 0 Å². The number of nitrogens with zero attached hydrogens (tertiary/aromatic N) is 1. The number of nitrogens with two attached hydrogens (primary N) is 1. The van der Waals surface area contributed by atoms with Crippen LogP contribution in [-0.2, 0) is 13.1 Å². The van der Waals surface area contributed by atoms with E-state index >= 15 is 0 Å². The van der Waals surface area contributed by atoms with Crippen molar-refractivity contribution in [2.45, 2.75) is 53.1 Å². The molecule has 2 N–H and O–H groups in total. The van der Waals surface area contributed by atoms with E-state index in [4.69, 9.17) is 5.73 Å². The molecular weight excluding hydrogens is 272 g/mol. The van der Waals surface area contributed by atoms with Gasteiger partial charge < -0.3 is 10.3 Å². The lowest BCUT2D eigenvalue weighted by atomic mass is 10.0. The quantitative estimate of drug-likeness (QED) is 0.825. The van der Waals surface area contributed by atoms with Gasteiger partial charge in [-0.25, -0.2) is 0 Å². The van der Waals surface area contributed by atoms with Crippen LogP contribution in [0.2, 0.25) is 0 Å². The van der Waals surface area contributed by atoms with Crippen LogP contribution in [0.4, 0.5) is 0 Å². The first-order chi connectivity index (χ1) is 10.6. The third-order valence-corrected chi connectivity index (χ3v) is 4.13. The van der Waals surface area contributed by atoms with Crippen LogP contribution in [0.1, 0.15) is 42.9 Å². The molecule has 0 fully saturated rings. The van der Waals surface area contributed by atoms with E-state index < -0.39 is 0 Å². The van der Waals surface area contributed by atoms with Crippen LogP contribution in [-0.4, -0.2) is 4.57 Å². The number of rotatable bonds is 6. The maximum absolute atomic E-state index is 12.7. The number of hydrogen-bond acceptors (Lipinski definition) is 2. The van der Waals surface area contributed by atoms with Gasteiger partial charge in [0.15, 0.2) is 0 Å². The van der Waals surface area contributed by atoms with Crippen LogP contribution < -0.4 is 11.3 Å². The molecule has 0 unspecified atom stereocenters. The number of aryl methyl sites for hydroxylation is 2. The zero-order chi connectivity index (χ0) is 16.1. The number of pyridine rings is 1. The Morgan fingerprint density at radius 2 is 1.86 bits per heavy atom. The maximum Gasteiger partial charge on any atom is 0.255 e. The molecule has 0 aliphatic carbocycles. The Morgan fingerprint density at radius 3 is 2.55 bits per heavy atom. The summed E-state index contributed by atoms with van der Waals surface area (Å²) >= 11 is 0. The van der Waals surface area contributed by atoms with Gasteiger partial charge in [0, 0.05) is 24.2 Å². The van der Waals surface area contributed by atoms with Gasteiger partial charge in [-0.2, -0.15) is 0 Å². The molecule has 0 amide bonds. The highest BCUT2D eigenvalue weighted by Crippen LogP contribution is 2.24. The third-order valence-electron chi connectivity index (χ3n) is 4.13. The van der Waals surface area contributed by atoms with Gasteiger partial charge in [0.25, 0.3) is 5.56 Å². The molecule has 0 aliphatic heterocycles. The molecule has 0 saturated carbocycles. The average molecular weight is 298 g/mol. The van der Waals surface area contributed by atoms with Crippen molar-refractivity contribution in [1.82, 2.24) is 4.57 Å². The van der Waals surface area contributed by atoms with E-state index in [0.29, 0.717) is 12.1 Å². The van der Waals surface area contributed by atoms with Gasteiger partial charge in [0.05, 0.1) is 5.69 Å². The van der Waals surface area contributed by atoms with Crippen LogP contribution in [0, 0.1) is 13.8 Å². The lowest BCUT2D eigenvalue weighted by Gasteiger charge is -2.16. The van der Waals surface area contributed by atoms with Crippen molar-refractivity contribution in [1.29, 1.82) is 0 Å². The number of hydrogen-bond donors (Lipinski definition) is 1. The van der Waals surface area contributed by atoms with Crippen LogP contribution in [0.15, 0.2) is 35.1 Å². The SMILES string of the molecule is CCCCCn1c(-c2cc(C)ccc2C)ccc(CN)c1=O. The number of benzene rings is 1. The van der Waals surface area contributed by atoms with Crippen molar-refractivity contribution in [3.63, 3.8) is 0 Å². The molecule has 2 aromatic rings. The summed E-state index contributed by atoms with van der Waals surface area (Å²) in [6.45, 7) is 7.39. The Kier molecular flexibility index (Phi) is 5.56. The van der Waals surface area contributed by atoms with E-state index in [2.05, 4.69) is 39.0 Å². The molecule has 118 valence electrons. The monoisotopic (exact) mass is 298 g/mol. The largest absolute Gasteiger partial charge is 0.326 e. The Labute approximate surface area is 132 Å². The highest BCUT2D eigenvalue weighted by atomic mass is 16.1.